The zero-order valence-electron chi connectivity index (χ0n) is 10.6. The first-order chi connectivity index (χ1) is 7.41. The van der Waals surface area contributed by atoms with E-state index in [1.807, 2.05) is 0 Å². The second kappa shape index (κ2) is 5.99. The molecular formula is C13H25O3. The van der Waals surface area contributed by atoms with Crippen molar-refractivity contribution in [1.29, 1.82) is 0 Å². The number of aliphatic hydroxyl groups is 2. The van der Waals surface area contributed by atoms with E-state index in [0.29, 0.717) is 17.8 Å². The van der Waals surface area contributed by atoms with Crippen molar-refractivity contribution in [3.8, 4) is 0 Å². The summed E-state index contributed by atoms with van der Waals surface area (Å²) in [6.45, 7) is 9.95. The zero-order valence-corrected chi connectivity index (χ0v) is 10.6. The highest BCUT2D eigenvalue weighted by Crippen LogP contribution is 2.35. The number of aliphatic hydroxyl groups excluding tert-OH is 2. The third kappa shape index (κ3) is 3.72. The lowest BCUT2D eigenvalue weighted by Crippen LogP contribution is -2.40. The molecule has 16 heavy (non-hydrogen) atoms. The first-order valence-electron chi connectivity index (χ1n) is 6.26. The van der Waals surface area contributed by atoms with Crippen molar-refractivity contribution in [3.63, 3.8) is 0 Å². The van der Waals surface area contributed by atoms with Gasteiger partial charge in [0.25, 0.3) is 0 Å². The van der Waals surface area contributed by atoms with Gasteiger partial charge in [-0.1, -0.05) is 27.2 Å². The van der Waals surface area contributed by atoms with Crippen LogP contribution in [-0.4, -0.2) is 28.7 Å². The standard InChI is InChI=1S/C13H25O3/c1-8(2)11-6-5-9(3)7-12(11)16-13(15)10(4)14/h8-15H,4-7H2,1-3H3. The predicted octanol–water partition coefficient (Wildman–Crippen LogP) is 1.98. The van der Waals surface area contributed by atoms with Crippen LogP contribution in [0.1, 0.15) is 40.0 Å². The Balaban J connectivity index is 2.57. The van der Waals surface area contributed by atoms with Gasteiger partial charge in [-0.05, 0) is 37.5 Å². The number of hydrogen-bond donors (Lipinski definition) is 2. The van der Waals surface area contributed by atoms with Crippen LogP contribution in [0.4, 0.5) is 0 Å². The van der Waals surface area contributed by atoms with E-state index in [0.717, 1.165) is 12.8 Å². The van der Waals surface area contributed by atoms with Gasteiger partial charge in [-0.15, -0.1) is 0 Å². The molecule has 1 fully saturated rings. The Morgan fingerprint density at radius 1 is 1.25 bits per heavy atom. The Bertz CT molecular complexity index is 203. The average Bonchev–Trinajstić information content (AvgIpc) is 2.16. The molecule has 5 atom stereocenters. The predicted molar refractivity (Wildman–Crippen MR) is 63.6 cm³/mol. The molecule has 0 bridgehead atoms. The van der Waals surface area contributed by atoms with E-state index in [-0.39, 0.29) is 6.10 Å². The van der Waals surface area contributed by atoms with Gasteiger partial charge in [0.1, 0.15) is 6.10 Å². The number of ether oxygens (including phenoxy) is 1. The van der Waals surface area contributed by atoms with Crippen molar-refractivity contribution < 1.29 is 14.9 Å². The maximum Gasteiger partial charge on any atom is 0.181 e. The Kier molecular flexibility index (Phi) is 5.22. The molecule has 0 aromatic heterocycles. The lowest BCUT2D eigenvalue weighted by Gasteiger charge is -2.38. The second-order valence-electron chi connectivity index (χ2n) is 5.46. The van der Waals surface area contributed by atoms with Gasteiger partial charge in [-0.25, -0.2) is 0 Å². The summed E-state index contributed by atoms with van der Waals surface area (Å²) in [4.78, 5) is 0. The molecule has 2 N–H and O–H groups in total. The maximum absolute atomic E-state index is 9.53. The molecule has 1 rings (SSSR count). The molecular weight excluding hydrogens is 204 g/mol. The van der Waals surface area contributed by atoms with E-state index in [1.165, 1.54) is 6.42 Å². The molecule has 0 saturated heterocycles. The van der Waals surface area contributed by atoms with Crippen LogP contribution in [-0.2, 0) is 4.74 Å². The minimum absolute atomic E-state index is 0.0511. The summed E-state index contributed by atoms with van der Waals surface area (Å²) in [5.74, 6) is 1.66. The molecule has 0 spiro atoms. The van der Waals surface area contributed by atoms with E-state index in [1.54, 1.807) is 0 Å². The molecule has 1 saturated carbocycles. The van der Waals surface area contributed by atoms with E-state index in [2.05, 4.69) is 27.7 Å². The third-order valence-electron chi connectivity index (χ3n) is 3.60. The summed E-state index contributed by atoms with van der Waals surface area (Å²) in [6.07, 6.45) is 1.17. The maximum atomic E-state index is 9.53. The molecule has 1 aliphatic rings. The van der Waals surface area contributed by atoms with Gasteiger partial charge in [0.2, 0.25) is 0 Å². The summed E-state index contributed by atoms with van der Waals surface area (Å²) >= 11 is 0. The molecule has 1 radical (unpaired) electrons. The SMILES string of the molecule is [CH2]C(O)C(O)OC1CC(C)CCC1C(C)C. The van der Waals surface area contributed by atoms with Gasteiger partial charge in [0, 0.05) is 0 Å². The van der Waals surface area contributed by atoms with Gasteiger partial charge in [0.15, 0.2) is 6.29 Å². The van der Waals surface area contributed by atoms with E-state index in [4.69, 9.17) is 9.84 Å². The number of hydrogen-bond acceptors (Lipinski definition) is 3. The van der Waals surface area contributed by atoms with Crippen LogP contribution in [0.25, 0.3) is 0 Å². The highest BCUT2D eigenvalue weighted by Gasteiger charge is 2.33. The van der Waals surface area contributed by atoms with Crippen LogP contribution in [0.3, 0.4) is 0 Å². The molecule has 0 aromatic rings. The number of rotatable bonds is 4. The molecule has 95 valence electrons. The Morgan fingerprint density at radius 2 is 1.88 bits per heavy atom. The first-order valence-corrected chi connectivity index (χ1v) is 6.26. The highest BCUT2D eigenvalue weighted by molar-refractivity contribution is 4.82. The molecule has 0 heterocycles. The zero-order chi connectivity index (χ0) is 12.3. The van der Waals surface area contributed by atoms with Crippen molar-refractivity contribution in [2.45, 2.75) is 58.5 Å². The largest absolute Gasteiger partial charge is 0.388 e. The fourth-order valence-electron chi connectivity index (χ4n) is 2.54. The summed E-state index contributed by atoms with van der Waals surface area (Å²) in [5.41, 5.74) is 0. The molecule has 3 nitrogen and oxygen atoms in total. The van der Waals surface area contributed by atoms with Gasteiger partial charge < -0.3 is 14.9 Å². The smallest absolute Gasteiger partial charge is 0.181 e. The summed E-state index contributed by atoms with van der Waals surface area (Å²) in [6, 6.07) is 0. The molecule has 1 aliphatic carbocycles. The van der Waals surface area contributed by atoms with E-state index >= 15 is 0 Å². The summed E-state index contributed by atoms with van der Waals surface area (Å²) < 4.78 is 5.54. The summed E-state index contributed by atoms with van der Waals surface area (Å²) in [5, 5.41) is 18.7. The molecule has 0 aromatic carbocycles. The fraction of sp³-hybridized carbons (Fsp3) is 0.923. The van der Waals surface area contributed by atoms with E-state index in [9.17, 15) is 5.11 Å². The van der Waals surface area contributed by atoms with Crippen molar-refractivity contribution >= 4 is 0 Å². The third-order valence-corrected chi connectivity index (χ3v) is 3.60. The van der Waals surface area contributed by atoms with Crippen LogP contribution < -0.4 is 0 Å². The van der Waals surface area contributed by atoms with Crippen LogP contribution in [0.5, 0.6) is 0 Å². The van der Waals surface area contributed by atoms with Gasteiger partial charge in [-0.3, -0.25) is 0 Å². The Labute approximate surface area is 98.8 Å². The van der Waals surface area contributed by atoms with Crippen LogP contribution in [0, 0.1) is 24.7 Å². The minimum Gasteiger partial charge on any atom is -0.388 e. The van der Waals surface area contributed by atoms with Crippen LogP contribution >= 0.6 is 0 Å². The van der Waals surface area contributed by atoms with Crippen molar-refractivity contribution in [2.24, 2.45) is 17.8 Å². The molecule has 0 amide bonds. The highest BCUT2D eigenvalue weighted by atomic mass is 16.6. The first kappa shape index (κ1) is 13.9. The Morgan fingerprint density at radius 3 is 2.38 bits per heavy atom. The Hall–Kier alpha value is -0.120. The van der Waals surface area contributed by atoms with Crippen LogP contribution in [0.15, 0.2) is 0 Å². The molecule has 3 heteroatoms. The second-order valence-corrected chi connectivity index (χ2v) is 5.46. The lowest BCUT2D eigenvalue weighted by atomic mass is 9.75. The van der Waals surface area contributed by atoms with Gasteiger partial charge in [-0.2, -0.15) is 0 Å². The average molecular weight is 229 g/mol. The lowest BCUT2D eigenvalue weighted by molar-refractivity contribution is -0.200. The van der Waals surface area contributed by atoms with Crippen molar-refractivity contribution in [3.05, 3.63) is 6.92 Å². The quantitative estimate of drug-likeness (QED) is 0.725. The topological polar surface area (TPSA) is 49.7 Å². The van der Waals surface area contributed by atoms with Crippen LogP contribution in [0.2, 0.25) is 0 Å². The van der Waals surface area contributed by atoms with Gasteiger partial charge in [0.05, 0.1) is 6.10 Å². The fourth-order valence-corrected chi connectivity index (χ4v) is 2.54. The van der Waals surface area contributed by atoms with Crippen molar-refractivity contribution in [1.82, 2.24) is 0 Å². The van der Waals surface area contributed by atoms with E-state index < -0.39 is 12.4 Å². The normalized spacial score (nSPS) is 35.1. The van der Waals surface area contributed by atoms with Gasteiger partial charge >= 0.3 is 0 Å². The monoisotopic (exact) mass is 229 g/mol. The molecule has 0 aliphatic heterocycles. The molecule has 5 unspecified atom stereocenters. The minimum atomic E-state index is -1.16. The van der Waals surface area contributed by atoms with Crippen molar-refractivity contribution in [2.75, 3.05) is 0 Å². The summed E-state index contributed by atoms with van der Waals surface area (Å²) in [7, 11) is 0.